The standard InChI is InChI=1S/C37H33N9O14S4/c1-3-5-26-27(20-38)36-39-28-13-11-25(63(54,55)56)18-32(28)46(36)37(47)35(26)45-44-31-16-21(2)30(19-33(31)60-14-4-15-61(48,49)50)43-42-29-12-8-23(17-34(29)64(57,58)59)41-40-22-6-9-24(10-7-22)62(51,52)53/h6-13,16-19,47H,3-5,14-15H2,1-2H3,(H,48,49,50)(H,51,52,53)(H,54,55,56)(H,57,58,59). The van der Waals surface area contributed by atoms with Crippen LogP contribution in [0.2, 0.25) is 0 Å². The first kappa shape index (κ1) is 46.9. The van der Waals surface area contributed by atoms with Crippen LogP contribution < -0.4 is 4.74 Å². The minimum Gasteiger partial charge on any atom is -0.493 e. The quantitative estimate of drug-likeness (QED) is 0.0349. The molecule has 6 rings (SSSR count). The highest BCUT2D eigenvalue weighted by molar-refractivity contribution is 7.86. The normalized spacial score (nSPS) is 12.9. The lowest BCUT2D eigenvalue weighted by Crippen LogP contribution is -2.08. The van der Waals surface area contributed by atoms with Crippen molar-refractivity contribution in [1.29, 1.82) is 5.26 Å². The molecule has 5 N–H and O–H groups in total. The Hall–Kier alpha value is -6.64. The number of hydrogen-bond acceptors (Lipinski definition) is 18. The van der Waals surface area contributed by atoms with E-state index in [1.807, 2.05) is 0 Å². The molecule has 334 valence electrons. The fourth-order valence-electron chi connectivity index (χ4n) is 6.06. The zero-order valence-corrected chi connectivity index (χ0v) is 36.3. The topological polar surface area (TPSA) is 362 Å². The van der Waals surface area contributed by atoms with E-state index in [0.29, 0.717) is 12.0 Å². The highest BCUT2D eigenvalue weighted by Gasteiger charge is 2.25. The molecule has 0 amide bonds. The lowest BCUT2D eigenvalue weighted by Gasteiger charge is -2.13. The second kappa shape index (κ2) is 18.2. The Morgan fingerprint density at radius 1 is 0.719 bits per heavy atom. The van der Waals surface area contributed by atoms with Crippen LogP contribution in [0.25, 0.3) is 16.7 Å². The van der Waals surface area contributed by atoms with E-state index < -0.39 is 66.8 Å². The molecule has 27 heteroatoms. The summed E-state index contributed by atoms with van der Waals surface area (Å²) in [6.07, 6.45) is 0.463. The Balaban J connectivity index is 1.41. The van der Waals surface area contributed by atoms with E-state index in [2.05, 4.69) is 41.7 Å². The number of hydrogen-bond donors (Lipinski definition) is 5. The predicted octanol–water partition coefficient (Wildman–Crippen LogP) is 7.97. The first-order valence-corrected chi connectivity index (χ1v) is 24.2. The van der Waals surface area contributed by atoms with Gasteiger partial charge in [0.25, 0.3) is 40.5 Å². The minimum atomic E-state index is -4.95. The third-order valence-corrected chi connectivity index (χ3v) is 12.4. The molecule has 23 nitrogen and oxygen atoms in total. The molecular weight excluding hydrogens is 923 g/mol. The molecule has 4 aromatic carbocycles. The molecule has 64 heavy (non-hydrogen) atoms. The molecule has 0 atom stereocenters. The molecule has 0 fully saturated rings. The maximum Gasteiger partial charge on any atom is 0.296 e. The predicted molar refractivity (Wildman–Crippen MR) is 226 cm³/mol. The molecule has 2 aromatic heterocycles. The molecule has 0 aliphatic rings. The molecule has 0 radical (unpaired) electrons. The monoisotopic (exact) mass is 955 g/mol. The van der Waals surface area contributed by atoms with Crippen LogP contribution in [0.5, 0.6) is 11.6 Å². The summed E-state index contributed by atoms with van der Waals surface area (Å²) < 4.78 is 139. The number of imidazole rings is 1. The largest absolute Gasteiger partial charge is 0.493 e. The van der Waals surface area contributed by atoms with E-state index in [4.69, 9.17) is 9.29 Å². The van der Waals surface area contributed by atoms with Gasteiger partial charge in [0.2, 0.25) is 5.88 Å². The second-order valence-corrected chi connectivity index (χ2v) is 19.4. The number of rotatable bonds is 16. The van der Waals surface area contributed by atoms with Gasteiger partial charge in [-0.15, -0.1) is 15.3 Å². The number of aromatic hydroxyl groups is 1. The molecule has 6 aromatic rings. The Bertz CT molecular complexity index is 3440. The van der Waals surface area contributed by atoms with Crippen LogP contribution in [0.3, 0.4) is 0 Å². The molecule has 0 aliphatic carbocycles. The van der Waals surface area contributed by atoms with E-state index >= 15 is 0 Å². The SMILES string of the molecule is CCCc1c(N=Nc2cc(C)c(N=Nc3ccc(N=Nc4ccc(S(=O)(=O)O)cc4)cc3S(=O)(=O)O)cc2OCCCS(=O)(=O)O)c(O)n2c(nc3ccc(S(=O)(=O)O)cc32)c1C#N. The van der Waals surface area contributed by atoms with Gasteiger partial charge < -0.3 is 9.84 Å². The number of aromatic nitrogens is 2. The fourth-order valence-corrected chi connectivity index (χ4v) is 8.17. The van der Waals surface area contributed by atoms with Gasteiger partial charge in [-0.3, -0.25) is 22.6 Å². The Morgan fingerprint density at radius 3 is 1.97 bits per heavy atom. The number of nitriles is 1. The number of fused-ring (bicyclic) bond motifs is 3. The summed E-state index contributed by atoms with van der Waals surface area (Å²) in [7, 11) is -18.5. The van der Waals surface area contributed by atoms with Crippen LogP contribution in [0.1, 0.15) is 36.5 Å². The van der Waals surface area contributed by atoms with Crippen LogP contribution in [0.15, 0.2) is 118 Å². The number of nitrogens with zero attached hydrogens (tertiary/aromatic N) is 9. The lowest BCUT2D eigenvalue weighted by atomic mass is 10.0. The summed E-state index contributed by atoms with van der Waals surface area (Å²) in [6.45, 7) is 3.05. The molecule has 2 heterocycles. The first-order chi connectivity index (χ1) is 30.0. The van der Waals surface area contributed by atoms with E-state index in [0.717, 1.165) is 40.8 Å². The number of pyridine rings is 1. The summed E-state index contributed by atoms with van der Waals surface area (Å²) in [6, 6.07) is 16.2. The number of aryl methyl sites for hydroxylation is 1. The second-order valence-electron chi connectivity index (χ2n) is 13.6. The lowest BCUT2D eigenvalue weighted by molar-refractivity contribution is 0.317. The van der Waals surface area contributed by atoms with Gasteiger partial charge in [-0.05, 0) is 92.1 Å². The van der Waals surface area contributed by atoms with Gasteiger partial charge in [-0.25, -0.2) is 4.98 Å². The summed E-state index contributed by atoms with van der Waals surface area (Å²) in [5.74, 6) is -1.36. The van der Waals surface area contributed by atoms with Crippen LogP contribution in [0.4, 0.5) is 34.1 Å². The third kappa shape index (κ3) is 10.7. The van der Waals surface area contributed by atoms with Crippen molar-refractivity contribution in [3.63, 3.8) is 0 Å². The molecule has 0 bridgehead atoms. The Morgan fingerprint density at radius 2 is 1.34 bits per heavy atom. The molecular formula is C37H33N9O14S4. The summed E-state index contributed by atoms with van der Waals surface area (Å²) in [4.78, 5) is 2.78. The van der Waals surface area contributed by atoms with Crippen LogP contribution in [-0.4, -0.2) is 78.7 Å². The Labute approximate surface area is 364 Å². The number of benzene rings is 4. The molecule has 0 saturated heterocycles. The van der Waals surface area contributed by atoms with Crippen LogP contribution >= 0.6 is 0 Å². The van der Waals surface area contributed by atoms with Crippen molar-refractivity contribution in [2.45, 2.75) is 47.8 Å². The maximum absolute atomic E-state index is 12.4. The average molecular weight is 956 g/mol. The minimum absolute atomic E-state index is 0.00886. The highest BCUT2D eigenvalue weighted by Crippen LogP contribution is 2.42. The number of azo groups is 3. The molecule has 0 saturated carbocycles. The van der Waals surface area contributed by atoms with E-state index in [-0.39, 0.29) is 87.1 Å². The average Bonchev–Trinajstić information content (AvgIpc) is 3.60. The van der Waals surface area contributed by atoms with Crippen molar-refractivity contribution < 1.29 is 61.7 Å². The zero-order chi connectivity index (χ0) is 46.8. The van der Waals surface area contributed by atoms with Gasteiger partial charge >= 0.3 is 0 Å². The van der Waals surface area contributed by atoms with Gasteiger partial charge in [0, 0.05) is 11.6 Å². The third-order valence-electron chi connectivity index (χ3n) is 9.01. The summed E-state index contributed by atoms with van der Waals surface area (Å²) in [5, 5.41) is 46.5. The summed E-state index contributed by atoms with van der Waals surface area (Å²) in [5.41, 5.74) is 0.210. The number of ether oxygens (including phenoxy) is 1. The summed E-state index contributed by atoms with van der Waals surface area (Å²) >= 11 is 0. The van der Waals surface area contributed by atoms with Gasteiger partial charge in [0.15, 0.2) is 11.3 Å². The van der Waals surface area contributed by atoms with Crippen LogP contribution in [0, 0.1) is 18.3 Å². The molecule has 0 spiro atoms. The smallest absolute Gasteiger partial charge is 0.296 e. The molecule has 0 aliphatic heterocycles. The van der Waals surface area contributed by atoms with Gasteiger partial charge in [0.1, 0.15) is 33.7 Å². The van der Waals surface area contributed by atoms with Crippen molar-refractivity contribution in [2.75, 3.05) is 12.4 Å². The van der Waals surface area contributed by atoms with Crippen molar-refractivity contribution >= 4 is 91.3 Å². The highest BCUT2D eigenvalue weighted by atomic mass is 32.2. The van der Waals surface area contributed by atoms with E-state index in [1.165, 1.54) is 36.4 Å². The van der Waals surface area contributed by atoms with Crippen molar-refractivity contribution in [3.8, 4) is 17.7 Å². The van der Waals surface area contributed by atoms with E-state index in [1.54, 1.807) is 13.8 Å². The van der Waals surface area contributed by atoms with Crippen molar-refractivity contribution in [3.05, 3.63) is 89.5 Å². The van der Waals surface area contributed by atoms with E-state index in [9.17, 15) is 57.7 Å². The van der Waals surface area contributed by atoms with Crippen molar-refractivity contribution in [1.82, 2.24) is 9.38 Å². The Kier molecular flexibility index (Phi) is 13.3. The zero-order valence-electron chi connectivity index (χ0n) is 33.0. The maximum atomic E-state index is 12.4. The van der Waals surface area contributed by atoms with Crippen molar-refractivity contribution in [2.24, 2.45) is 30.7 Å². The van der Waals surface area contributed by atoms with Gasteiger partial charge in [-0.2, -0.15) is 54.3 Å². The first-order valence-electron chi connectivity index (χ1n) is 18.2. The molecule has 0 unspecified atom stereocenters. The van der Waals surface area contributed by atoms with Gasteiger partial charge in [-0.1, -0.05) is 13.3 Å². The van der Waals surface area contributed by atoms with Gasteiger partial charge in [0.05, 0.1) is 50.2 Å². The van der Waals surface area contributed by atoms with Crippen LogP contribution in [-0.2, 0) is 46.9 Å². The fraction of sp³-hybridized carbons (Fsp3) is 0.189.